The third-order valence-corrected chi connectivity index (χ3v) is 1.33. The molecule has 2 nitrogen and oxygen atoms in total. The Kier molecular flexibility index (Phi) is 5.24. The molecule has 0 aliphatic heterocycles. The minimum atomic E-state index is -4.06. The minimum Gasteiger partial charge on any atom is -0.375 e. The number of hydrogen-bond donors (Lipinski definition) is 1. The van der Waals surface area contributed by atoms with E-state index in [1.54, 1.807) is 6.92 Å². The maximum absolute atomic E-state index is 12.2. The van der Waals surface area contributed by atoms with Crippen molar-refractivity contribution in [2.75, 3.05) is 13.2 Å². The molecule has 0 bridgehead atoms. The van der Waals surface area contributed by atoms with E-state index in [1.807, 2.05) is 0 Å². The van der Waals surface area contributed by atoms with Gasteiger partial charge in [-0.1, -0.05) is 0 Å². The Morgan fingerprint density at radius 3 is 2.31 bits per heavy atom. The summed E-state index contributed by atoms with van der Waals surface area (Å²) in [5.74, 6) is -4.06. The molecule has 0 aromatic heterocycles. The van der Waals surface area contributed by atoms with Gasteiger partial charge in [-0.15, -0.1) is 0 Å². The smallest absolute Gasteiger partial charge is 0.330 e. The highest BCUT2D eigenvalue weighted by Crippen LogP contribution is 2.22. The van der Waals surface area contributed by atoms with E-state index < -0.39 is 19.0 Å². The van der Waals surface area contributed by atoms with Gasteiger partial charge < -0.3 is 10.5 Å². The van der Waals surface area contributed by atoms with Gasteiger partial charge in [-0.05, 0) is 13.3 Å². The van der Waals surface area contributed by atoms with E-state index in [2.05, 4.69) is 4.74 Å². The van der Waals surface area contributed by atoms with Crippen molar-refractivity contribution < 1.29 is 22.3 Å². The molecule has 0 rings (SSSR count). The van der Waals surface area contributed by atoms with Gasteiger partial charge in [-0.2, -0.15) is 8.78 Å². The monoisotopic (exact) mass is 203 g/mol. The van der Waals surface area contributed by atoms with Crippen LogP contribution < -0.4 is 5.73 Å². The van der Waals surface area contributed by atoms with Gasteiger partial charge >= 0.3 is 12.3 Å². The number of hydrogen-bond acceptors (Lipinski definition) is 2. The molecule has 1 unspecified atom stereocenters. The maximum Gasteiger partial charge on any atom is 0.330 e. The molecule has 0 aromatic rings. The lowest BCUT2D eigenvalue weighted by molar-refractivity contribution is -0.166. The van der Waals surface area contributed by atoms with Crippen molar-refractivity contribution in [3.63, 3.8) is 0 Å². The standard InChI is InChI=1S/C7H13F4NO/c1-5(12)2-3-13-4-7(10,11)6(8)9/h5-6H,2-4,12H2,1H3. The van der Waals surface area contributed by atoms with E-state index in [1.165, 1.54) is 0 Å². The molecule has 1 atom stereocenters. The van der Waals surface area contributed by atoms with Crippen molar-refractivity contribution in [3.8, 4) is 0 Å². The molecule has 0 aliphatic rings. The largest absolute Gasteiger partial charge is 0.375 e. The van der Waals surface area contributed by atoms with Gasteiger partial charge in [0.05, 0.1) is 0 Å². The number of ether oxygens (including phenoxy) is 1. The first-order chi connectivity index (χ1) is 5.86. The highest BCUT2D eigenvalue weighted by molar-refractivity contribution is 4.67. The normalized spacial score (nSPS) is 15.0. The first kappa shape index (κ1) is 12.6. The molecule has 0 fully saturated rings. The van der Waals surface area contributed by atoms with Crippen molar-refractivity contribution in [3.05, 3.63) is 0 Å². The Hall–Kier alpha value is -0.360. The third-order valence-electron chi connectivity index (χ3n) is 1.33. The molecule has 0 spiro atoms. The molecule has 0 aliphatic carbocycles. The summed E-state index contributed by atoms with van der Waals surface area (Å²) in [4.78, 5) is 0. The van der Waals surface area contributed by atoms with Crippen LogP contribution in [0.15, 0.2) is 0 Å². The molecule has 0 radical (unpaired) electrons. The Morgan fingerprint density at radius 1 is 1.38 bits per heavy atom. The zero-order valence-corrected chi connectivity index (χ0v) is 7.27. The van der Waals surface area contributed by atoms with Crippen LogP contribution >= 0.6 is 0 Å². The van der Waals surface area contributed by atoms with Gasteiger partial charge in [-0.3, -0.25) is 0 Å². The van der Waals surface area contributed by atoms with Gasteiger partial charge in [-0.25, -0.2) is 8.78 Å². The molecule has 0 aromatic carbocycles. The Balaban J connectivity index is 3.52. The minimum absolute atomic E-state index is 0.0278. The molecular weight excluding hydrogens is 190 g/mol. The molecule has 0 saturated heterocycles. The van der Waals surface area contributed by atoms with Gasteiger partial charge in [0.15, 0.2) is 0 Å². The molecule has 13 heavy (non-hydrogen) atoms. The summed E-state index contributed by atoms with van der Waals surface area (Å²) in [5, 5.41) is 0. The zero-order chi connectivity index (χ0) is 10.5. The van der Waals surface area contributed by atoms with Crippen molar-refractivity contribution in [2.24, 2.45) is 5.73 Å². The lowest BCUT2D eigenvalue weighted by Crippen LogP contribution is -2.33. The second-order valence-electron chi connectivity index (χ2n) is 2.88. The number of alkyl halides is 4. The van der Waals surface area contributed by atoms with E-state index in [4.69, 9.17) is 5.73 Å². The van der Waals surface area contributed by atoms with Crippen LogP contribution in [0.4, 0.5) is 17.6 Å². The summed E-state index contributed by atoms with van der Waals surface area (Å²) in [6.45, 7) is 0.395. The lowest BCUT2D eigenvalue weighted by atomic mass is 10.3. The lowest BCUT2D eigenvalue weighted by Gasteiger charge is -2.15. The fraction of sp³-hybridized carbons (Fsp3) is 1.00. The maximum atomic E-state index is 12.2. The van der Waals surface area contributed by atoms with Gasteiger partial charge in [0.2, 0.25) is 0 Å². The Bertz CT molecular complexity index is 140. The summed E-state index contributed by atoms with van der Waals surface area (Å²) in [7, 11) is 0. The quantitative estimate of drug-likeness (QED) is 0.526. The molecule has 0 heterocycles. The topological polar surface area (TPSA) is 35.2 Å². The van der Waals surface area contributed by atoms with E-state index in [-0.39, 0.29) is 12.6 Å². The third kappa shape index (κ3) is 5.81. The van der Waals surface area contributed by atoms with Crippen LogP contribution in [-0.4, -0.2) is 31.6 Å². The molecule has 0 saturated carbocycles. The predicted molar refractivity (Wildman–Crippen MR) is 40.0 cm³/mol. The summed E-state index contributed by atoms with van der Waals surface area (Å²) in [6.07, 6.45) is -3.30. The fourth-order valence-corrected chi connectivity index (χ4v) is 0.540. The number of halogens is 4. The first-order valence-corrected chi connectivity index (χ1v) is 3.85. The molecular formula is C7H13F4NO. The fourth-order valence-electron chi connectivity index (χ4n) is 0.540. The summed E-state index contributed by atoms with van der Waals surface area (Å²) < 4.78 is 51.8. The second-order valence-corrected chi connectivity index (χ2v) is 2.88. The van der Waals surface area contributed by atoms with Gasteiger partial charge in [0.25, 0.3) is 0 Å². The van der Waals surface area contributed by atoms with Crippen LogP contribution in [0.25, 0.3) is 0 Å². The first-order valence-electron chi connectivity index (χ1n) is 3.85. The van der Waals surface area contributed by atoms with Crippen LogP contribution in [0.3, 0.4) is 0 Å². The van der Waals surface area contributed by atoms with E-state index in [0.29, 0.717) is 6.42 Å². The van der Waals surface area contributed by atoms with Gasteiger partial charge in [0, 0.05) is 12.6 Å². The number of nitrogens with two attached hydrogens (primary N) is 1. The molecule has 2 N–H and O–H groups in total. The molecule has 80 valence electrons. The van der Waals surface area contributed by atoms with Crippen molar-refractivity contribution >= 4 is 0 Å². The average molecular weight is 203 g/mol. The highest BCUT2D eigenvalue weighted by Gasteiger charge is 2.40. The summed E-state index contributed by atoms with van der Waals surface area (Å²) in [5.41, 5.74) is 5.29. The van der Waals surface area contributed by atoms with E-state index >= 15 is 0 Å². The van der Waals surface area contributed by atoms with Gasteiger partial charge in [0.1, 0.15) is 6.61 Å². The van der Waals surface area contributed by atoms with Crippen molar-refractivity contribution in [1.82, 2.24) is 0 Å². The second kappa shape index (κ2) is 5.39. The van der Waals surface area contributed by atoms with Crippen LogP contribution in [0.5, 0.6) is 0 Å². The van der Waals surface area contributed by atoms with E-state index in [0.717, 1.165) is 0 Å². The van der Waals surface area contributed by atoms with Crippen LogP contribution in [-0.2, 0) is 4.74 Å². The van der Waals surface area contributed by atoms with Crippen LogP contribution in [0.1, 0.15) is 13.3 Å². The Labute approximate surface area is 74.0 Å². The van der Waals surface area contributed by atoms with E-state index in [9.17, 15) is 17.6 Å². The van der Waals surface area contributed by atoms with Crippen molar-refractivity contribution in [1.29, 1.82) is 0 Å². The zero-order valence-electron chi connectivity index (χ0n) is 7.27. The van der Waals surface area contributed by atoms with Crippen LogP contribution in [0, 0.1) is 0 Å². The summed E-state index contributed by atoms with van der Waals surface area (Å²) in [6, 6.07) is -0.180. The van der Waals surface area contributed by atoms with Crippen molar-refractivity contribution in [2.45, 2.75) is 31.7 Å². The average Bonchev–Trinajstić information content (AvgIpc) is 1.97. The highest BCUT2D eigenvalue weighted by atomic mass is 19.3. The number of rotatable bonds is 6. The summed E-state index contributed by atoms with van der Waals surface area (Å²) >= 11 is 0. The SMILES string of the molecule is CC(N)CCOCC(F)(F)C(F)F. The molecule has 6 heteroatoms. The Morgan fingerprint density at radius 2 is 1.92 bits per heavy atom. The van der Waals surface area contributed by atoms with Crippen LogP contribution in [0.2, 0.25) is 0 Å². The predicted octanol–water partition coefficient (Wildman–Crippen LogP) is 1.64. The molecule has 0 amide bonds.